The molecule has 7 heteroatoms. The van der Waals surface area contributed by atoms with E-state index < -0.39 is 11.9 Å². The molecule has 0 aliphatic carbocycles. The van der Waals surface area contributed by atoms with Crippen molar-refractivity contribution in [2.24, 2.45) is 0 Å². The zero-order valence-corrected chi connectivity index (χ0v) is 11.6. The number of carbonyl (C=O) groups is 2. The molecular formula is C13H11NO5S. The maximum Gasteiger partial charge on any atom is 0.373 e. The van der Waals surface area contributed by atoms with Crippen molar-refractivity contribution in [3.8, 4) is 0 Å². The number of carbonyl (C=O) groups excluding carboxylic acids is 2. The highest BCUT2D eigenvalue weighted by atomic mass is 32.1. The van der Waals surface area contributed by atoms with Crippen LogP contribution in [-0.4, -0.2) is 31.1 Å². The Bertz CT molecular complexity index is 599. The van der Waals surface area contributed by atoms with Crippen LogP contribution in [0.3, 0.4) is 0 Å². The highest BCUT2D eigenvalue weighted by Gasteiger charge is 2.10. The van der Waals surface area contributed by atoms with E-state index in [1.54, 1.807) is 18.2 Å². The molecule has 0 unspecified atom stereocenters. The molecule has 0 fully saturated rings. The van der Waals surface area contributed by atoms with Crippen molar-refractivity contribution >= 4 is 35.4 Å². The molecule has 0 amide bonds. The zero-order chi connectivity index (χ0) is 14.5. The van der Waals surface area contributed by atoms with Crippen LogP contribution in [0.15, 0.2) is 22.7 Å². The van der Waals surface area contributed by atoms with Crippen molar-refractivity contribution in [3.63, 3.8) is 0 Å². The van der Waals surface area contributed by atoms with Crippen molar-refractivity contribution in [2.75, 3.05) is 14.2 Å². The third-order valence-electron chi connectivity index (χ3n) is 2.31. The largest absolute Gasteiger partial charge is 0.465 e. The Labute approximate surface area is 118 Å². The molecule has 0 aromatic carbocycles. The summed E-state index contributed by atoms with van der Waals surface area (Å²) in [6, 6.07) is 3.16. The lowest BCUT2D eigenvalue weighted by Gasteiger charge is -1.91. The van der Waals surface area contributed by atoms with E-state index in [4.69, 9.17) is 4.42 Å². The van der Waals surface area contributed by atoms with Gasteiger partial charge in [0.05, 0.1) is 20.4 Å². The lowest BCUT2D eigenvalue weighted by atomic mass is 10.4. The quantitative estimate of drug-likeness (QED) is 0.806. The SMILES string of the molecule is COC(=O)c1ccc(/C=C\c2ncc(C(=O)OC)s2)o1. The minimum atomic E-state index is -0.535. The topological polar surface area (TPSA) is 78.6 Å². The van der Waals surface area contributed by atoms with E-state index in [-0.39, 0.29) is 5.76 Å². The van der Waals surface area contributed by atoms with Crippen LogP contribution < -0.4 is 0 Å². The van der Waals surface area contributed by atoms with E-state index in [2.05, 4.69) is 14.5 Å². The number of hydrogen-bond donors (Lipinski definition) is 0. The first kappa shape index (κ1) is 14.0. The Morgan fingerprint density at radius 1 is 1.20 bits per heavy atom. The number of ether oxygens (including phenoxy) is 2. The fraction of sp³-hybridized carbons (Fsp3) is 0.154. The van der Waals surface area contributed by atoms with Crippen molar-refractivity contribution in [3.05, 3.63) is 39.7 Å². The predicted octanol–water partition coefficient (Wildman–Crippen LogP) is 2.48. The van der Waals surface area contributed by atoms with Crippen LogP contribution in [0.4, 0.5) is 0 Å². The molecule has 0 spiro atoms. The highest BCUT2D eigenvalue weighted by molar-refractivity contribution is 7.14. The average Bonchev–Trinajstić information content (AvgIpc) is 3.12. The van der Waals surface area contributed by atoms with Gasteiger partial charge in [0.15, 0.2) is 0 Å². The van der Waals surface area contributed by atoms with Crippen LogP contribution in [0.25, 0.3) is 12.2 Å². The number of thiazole rings is 1. The first-order chi connectivity index (χ1) is 9.63. The standard InChI is InChI=1S/C13H11NO5S/c1-17-12(15)9-5-3-8(19-9)4-6-11-14-7-10(20-11)13(16)18-2/h3-7H,1-2H3/b6-4-. The monoisotopic (exact) mass is 293 g/mol. The van der Waals surface area contributed by atoms with Gasteiger partial charge in [0.25, 0.3) is 0 Å². The maximum atomic E-state index is 11.3. The first-order valence-electron chi connectivity index (χ1n) is 5.54. The van der Waals surface area contributed by atoms with Crippen LogP contribution >= 0.6 is 11.3 Å². The van der Waals surface area contributed by atoms with Crippen LogP contribution in [0.5, 0.6) is 0 Å². The minimum Gasteiger partial charge on any atom is -0.465 e. The Morgan fingerprint density at radius 2 is 1.95 bits per heavy atom. The molecule has 6 nitrogen and oxygen atoms in total. The zero-order valence-electron chi connectivity index (χ0n) is 10.8. The molecule has 0 radical (unpaired) electrons. The maximum absolute atomic E-state index is 11.3. The molecule has 0 aliphatic rings. The van der Waals surface area contributed by atoms with Crippen LogP contribution in [0.1, 0.15) is 31.0 Å². The lowest BCUT2D eigenvalue weighted by Crippen LogP contribution is -1.98. The average molecular weight is 293 g/mol. The predicted molar refractivity (Wildman–Crippen MR) is 72.4 cm³/mol. The molecule has 2 aromatic heterocycles. The van der Waals surface area contributed by atoms with Crippen molar-refractivity contribution in [2.45, 2.75) is 0 Å². The Balaban J connectivity index is 2.09. The number of furan rings is 1. The molecule has 2 rings (SSSR count). The molecule has 2 heterocycles. The summed E-state index contributed by atoms with van der Waals surface area (Å²) in [5, 5.41) is 0.626. The molecule has 20 heavy (non-hydrogen) atoms. The van der Waals surface area contributed by atoms with Crippen LogP contribution in [-0.2, 0) is 9.47 Å². The van der Waals surface area contributed by atoms with Gasteiger partial charge < -0.3 is 13.9 Å². The molecule has 0 aliphatic heterocycles. The van der Waals surface area contributed by atoms with Gasteiger partial charge in [-0.05, 0) is 24.3 Å². The fourth-order valence-corrected chi connectivity index (χ4v) is 2.10. The van der Waals surface area contributed by atoms with Crippen LogP contribution in [0, 0.1) is 0 Å². The molecule has 104 valence electrons. The van der Waals surface area contributed by atoms with Gasteiger partial charge >= 0.3 is 11.9 Å². The summed E-state index contributed by atoms with van der Waals surface area (Å²) in [5.41, 5.74) is 0. The van der Waals surface area contributed by atoms with Gasteiger partial charge in [-0.2, -0.15) is 0 Å². The summed E-state index contributed by atoms with van der Waals surface area (Å²) in [6.07, 6.45) is 4.77. The van der Waals surface area contributed by atoms with E-state index in [1.165, 1.54) is 37.8 Å². The van der Waals surface area contributed by atoms with Crippen LogP contribution in [0.2, 0.25) is 0 Å². The lowest BCUT2D eigenvalue weighted by molar-refractivity contribution is 0.0563. The summed E-state index contributed by atoms with van der Waals surface area (Å²) in [4.78, 5) is 27.0. The summed E-state index contributed by atoms with van der Waals surface area (Å²) in [6.45, 7) is 0. The van der Waals surface area contributed by atoms with E-state index in [0.717, 1.165) is 0 Å². The first-order valence-corrected chi connectivity index (χ1v) is 6.36. The minimum absolute atomic E-state index is 0.126. The highest BCUT2D eigenvalue weighted by Crippen LogP contribution is 2.18. The van der Waals surface area contributed by atoms with Gasteiger partial charge in [-0.25, -0.2) is 14.6 Å². The van der Waals surface area contributed by atoms with Gasteiger partial charge in [0.2, 0.25) is 5.76 Å². The summed E-state index contributed by atoms with van der Waals surface area (Å²) in [7, 11) is 2.60. The Kier molecular flexibility index (Phi) is 4.31. The van der Waals surface area contributed by atoms with Gasteiger partial charge in [-0.3, -0.25) is 0 Å². The van der Waals surface area contributed by atoms with E-state index >= 15 is 0 Å². The second-order valence-electron chi connectivity index (χ2n) is 3.58. The summed E-state index contributed by atoms with van der Waals surface area (Å²) in [5.74, 6) is -0.346. The number of esters is 2. The number of hydrogen-bond acceptors (Lipinski definition) is 7. The van der Waals surface area contributed by atoms with E-state index in [1.807, 2.05) is 0 Å². The van der Waals surface area contributed by atoms with Crippen molar-refractivity contribution in [1.29, 1.82) is 0 Å². The van der Waals surface area contributed by atoms with Gasteiger partial charge in [-0.15, -0.1) is 11.3 Å². The van der Waals surface area contributed by atoms with E-state index in [9.17, 15) is 9.59 Å². The third kappa shape index (κ3) is 3.12. The van der Waals surface area contributed by atoms with Gasteiger partial charge in [0, 0.05) is 0 Å². The summed E-state index contributed by atoms with van der Waals surface area (Å²) >= 11 is 1.20. The fourth-order valence-electron chi connectivity index (χ4n) is 1.37. The molecule has 0 N–H and O–H groups in total. The van der Waals surface area contributed by atoms with Crippen molar-refractivity contribution < 1.29 is 23.5 Å². The molecule has 2 aromatic rings. The number of methoxy groups -OCH3 is 2. The number of nitrogens with zero attached hydrogens (tertiary/aromatic N) is 1. The molecule has 0 saturated carbocycles. The Hall–Kier alpha value is -2.41. The molecule has 0 bridgehead atoms. The molecule has 0 saturated heterocycles. The Morgan fingerprint density at radius 3 is 2.65 bits per heavy atom. The van der Waals surface area contributed by atoms with Gasteiger partial charge in [0.1, 0.15) is 15.6 Å². The normalized spacial score (nSPS) is 10.7. The van der Waals surface area contributed by atoms with E-state index in [0.29, 0.717) is 15.6 Å². The second-order valence-corrected chi connectivity index (χ2v) is 4.64. The van der Waals surface area contributed by atoms with Crippen molar-refractivity contribution in [1.82, 2.24) is 4.98 Å². The third-order valence-corrected chi connectivity index (χ3v) is 3.26. The van der Waals surface area contributed by atoms with Gasteiger partial charge in [-0.1, -0.05) is 0 Å². The second kappa shape index (κ2) is 6.16. The molecule has 0 atom stereocenters. The smallest absolute Gasteiger partial charge is 0.373 e. The number of aromatic nitrogens is 1. The summed E-state index contributed by atoms with van der Waals surface area (Å²) < 4.78 is 14.4. The molecular weight excluding hydrogens is 282 g/mol. The number of rotatable bonds is 4.